The Bertz CT molecular complexity index is 769. The Balaban J connectivity index is 2.39. The second-order valence-corrected chi connectivity index (χ2v) is 4.39. The number of carbonyl (C=O) groups excluding carboxylic acids is 1. The highest BCUT2D eigenvalue weighted by Gasteiger charge is 2.32. The summed E-state index contributed by atoms with van der Waals surface area (Å²) in [6, 6.07) is 3.59. The van der Waals surface area contributed by atoms with E-state index in [4.69, 9.17) is 14.0 Å². The van der Waals surface area contributed by atoms with E-state index in [0.29, 0.717) is 16.7 Å². The zero-order chi connectivity index (χ0) is 17.4. The van der Waals surface area contributed by atoms with Crippen molar-refractivity contribution in [3.63, 3.8) is 0 Å². The summed E-state index contributed by atoms with van der Waals surface area (Å²) >= 11 is 0. The Labute approximate surface area is 110 Å². The molecule has 17 heavy (non-hydrogen) atoms. The summed E-state index contributed by atoms with van der Waals surface area (Å²) in [5, 5.41) is 0. The molecule has 2 N–H and O–H groups in total. The van der Waals surface area contributed by atoms with E-state index in [0.717, 1.165) is 0 Å². The van der Waals surface area contributed by atoms with Crippen LogP contribution in [0.15, 0.2) is 23.7 Å². The first-order chi connectivity index (χ1) is 10.4. The Morgan fingerprint density at radius 2 is 2.47 bits per heavy atom. The quantitative estimate of drug-likeness (QED) is 0.796. The maximum Gasteiger partial charge on any atom is 0.224 e. The first-order valence-corrected chi connectivity index (χ1v) is 5.57. The fourth-order valence-corrected chi connectivity index (χ4v) is 2.39. The summed E-state index contributed by atoms with van der Waals surface area (Å²) < 4.78 is 49.4. The summed E-state index contributed by atoms with van der Waals surface area (Å²) in [6.45, 7) is 1.72. The number of primary amides is 1. The van der Waals surface area contributed by atoms with Crippen LogP contribution in [0.5, 0.6) is 0 Å². The van der Waals surface area contributed by atoms with Crippen LogP contribution in [0.2, 0.25) is 0 Å². The number of amides is 1. The molecule has 0 saturated heterocycles. The minimum atomic E-state index is -2.43. The number of hydrogen-bond donors (Lipinski definition) is 1. The van der Waals surface area contributed by atoms with Gasteiger partial charge in [-0.25, -0.2) is 0 Å². The van der Waals surface area contributed by atoms with Gasteiger partial charge in [0, 0.05) is 6.85 Å². The van der Waals surface area contributed by atoms with Gasteiger partial charge in [-0.1, -0.05) is 23.7 Å². The van der Waals surface area contributed by atoms with E-state index in [-0.39, 0.29) is 23.6 Å². The normalized spacial score (nSPS) is 37.7. The first kappa shape index (κ1) is 5.85. The highest BCUT2D eigenvalue weighted by Crippen LogP contribution is 2.44. The van der Waals surface area contributed by atoms with Crippen molar-refractivity contribution in [3.8, 4) is 0 Å². The molecule has 1 atom stereocenters. The minimum absolute atomic E-state index is 0.0359. The number of fused-ring (bicyclic) bond motifs is 2. The third kappa shape index (κ3) is 1.59. The Hall–Kier alpha value is -1.57. The van der Waals surface area contributed by atoms with Gasteiger partial charge in [0.25, 0.3) is 0 Å². The molecule has 0 fully saturated rings. The molecular formula is C15H17NO. The van der Waals surface area contributed by atoms with Crippen molar-refractivity contribution in [1.82, 2.24) is 0 Å². The summed E-state index contributed by atoms with van der Waals surface area (Å²) in [4.78, 5) is 11.9. The molecule has 0 aliphatic heterocycles. The Kier molecular flexibility index (Phi) is 1.28. The zero-order valence-electron chi connectivity index (χ0n) is 15.6. The molecule has 2 nitrogen and oxygen atoms in total. The molecule has 1 unspecified atom stereocenters. The van der Waals surface area contributed by atoms with E-state index in [9.17, 15) is 4.79 Å². The van der Waals surface area contributed by atoms with Gasteiger partial charge in [-0.3, -0.25) is 4.79 Å². The molecule has 1 aromatic rings. The predicted octanol–water partition coefficient (Wildman–Crippen LogP) is 2.59. The van der Waals surface area contributed by atoms with Crippen LogP contribution < -0.4 is 5.73 Å². The van der Waals surface area contributed by atoms with Crippen molar-refractivity contribution in [1.29, 1.82) is 0 Å². The van der Waals surface area contributed by atoms with Gasteiger partial charge in [0.15, 0.2) is 0 Å². The number of allylic oxidation sites excluding steroid dienone is 1. The molecule has 2 aliphatic carbocycles. The smallest absolute Gasteiger partial charge is 0.224 e. The van der Waals surface area contributed by atoms with Gasteiger partial charge < -0.3 is 5.73 Å². The second kappa shape index (κ2) is 3.73. The van der Waals surface area contributed by atoms with Crippen LogP contribution in [-0.2, 0) is 11.2 Å². The standard InChI is InChI=1S/C15H17NO/c1-9-5-6-10-8-14-11(13(10)7-9)3-2-4-12(14)15(16)17/h5-7,12H,2-4,8H2,1H3,(H2,16,17)/i2D2,3D2,7D,12D. The minimum Gasteiger partial charge on any atom is -0.369 e. The highest BCUT2D eigenvalue weighted by molar-refractivity contribution is 5.87. The van der Waals surface area contributed by atoms with Crippen molar-refractivity contribution >= 4 is 11.5 Å². The largest absolute Gasteiger partial charge is 0.369 e. The molecule has 1 aromatic carbocycles. The topological polar surface area (TPSA) is 43.1 Å². The molecule has 0 aromatic heterocycles. The fraction of sp³-hybridized carbons (Fsp3) is 0.400. The lowest BCUT2D eigenvalue weighted by atomic mass is 9.82. The maximum atomic E-state index is 11.9. The number of aryl methyl sites for hydroxylation is 1. The number of nitrogens with two attached hydrogens (primary N) is 1. The average Bonchev–Trinajstić information content (AvgIpc) is 2.82. The monoisotopic (exact) mass is 233 g/mol. The van der Waals surface area contributed by atoms with Gasteiger partial charge in [-0.2, -0.15) is 0 Å². The molecule has 3 rings (SSSR count). The van der Waals surface area contributed by atoms with E-state index in [1.807, 2.05) is 0 Å². The van der Waals surface area contributed by atoms with E-state index in [2.05, 4.69) is 0 Å². The van der Waals surface area contributed by atoms with Crippen LogP contribution in [0.4, 0.5) is 0 Å². The number of carbonyl (C=O) groups is 1. The molecule has 2 aliphatic rings. The van der Waals surface area contributed by atoms with Gasteiger partial charge >= 0.3 is 0 Å². The van der Waals surface area contributed by atoms with E-state index < -0.39 is 31.0 Å². The van der Waals surface area contributed by atoms with Gasteiger partial charge in [-0.15, -0.1) is 0 Å². The van der Waals surface area contributed by atoms with Crippen molar-refractivity contribution in [2.24, 2.45) is 11.6 Å². The molecule has 0 radical (unpaired) electrons. The van der Waals surface area contributed by atoms with Crippen molar-refractivity contribution in [2.45, 2.75) is 32.5 Å². The zero-order valence-corrected chi connectivity index (χ0v) is 9.55. The molecule has 0 spiro atoms. The van der Waals surface area contributed by atoms with Gasteiger partial charge in [0.05, 0.1) is 7.26 Å². The molecule has 1 amide bonds. The summed E-state index contributed by atoms with van der Waals surface area (Å²) in [5.41, 5.74) is 7.12. The molecule has 88 valence electrons. The summed E-state index contributed by atoms with van der Waals surface area (Å²) in [7, 11) is 0. The predicted molar refractivity (Wildman–Crippen MR) is 68.3 cm³/mol. The molecular weight excluding hydrogens is 210 g/mol. The summed E-state index contributed by atoms with van der Waals surface area (Å²) in [6.07, 6.45) is -5.29. The van der Waals surface area contributed by atoms with Crippen molar-refractivity contribution in [2.75, 3.05) is 0 Å². The second-order valence-electron chi connectivity index (χ2n) is 4.39. The van der Waals surface area contributed by atoms with Crippen LogP contribution >= 0.6 is 0 Å². The van der Waals surface area contributed by atoms with Gasteiger partial charge in [-0.05, 0) is 54.8 Å². The maximum absolute atomic E-state index is 11.9. The van der Waals surface area contributed by atoms with Crippen LogP contribution in [0.25, 0.3) is 5.57 Å². The van der Waals surface area contributed by atoms with Crippen LogP contribution in [0.1, 0.15) is 44.1 Å². The average molecular weight is 233 g/mol. The van der Waals surface area contributed by atoms with E-state index in [1.54, 1.807) is 19.1 Å². The third-order valence-electron chi connectivity index (χ3n) is 3.24. The van der Waals surface area contributed by atoms with Gasteiger partial charge in [0.2, 0.25) is 5.91 Å². The Morgan fingerprint density at radius 1 is 1.65 bits per heavy atom. The SMILES string of the molecule is [2H]c1c(C)ccc2c1C1=C(C2)C([2H])(C(N)=O)CC([2H])([2H])C1([2H])[2H]. The lowest BCUT2D eigenvalue weighted by Crippen LogP contribution is -2.27. The van der Waals surface area contributed by atoms with Crippen LogP contribution in [0.3, 0.4) is 0 Å². The van der Waals surface area contributed by atoms with Crippen LogP contribution in [-0.4, -0.2) is 5.91 Å². The Morgan fingerprint density at radius 3 is 3.24 bits per heavy atom. The number of hydrogen-bond acceptors (Lipinski definition) is 1. The summed E-state index contributed by atoms with van der Waals surface area (Å²) in [5.74, 6) is -2.98. The fourth-order valence-electron chi connectivity index (χ4n) is 2.39. The van der Waals surface area contributed by atoms with E-state index >= 15 is 0 Å². The lowest BCUT2D eigenvalue weighted by molar-refractivity contribution is -0.121. The van der Waals surface area contributed by atoms with Crippen LogP contribution in [0, 0.1) is 12.8 Å². The van der Waals surface area contributed by atoms with Gasteiger partial charge in [0.1, 0.15) is 0 Å². The third-order valence-corrected chi connectivity index (χ3v) is 3.24. The van der Waals surface area contributed by atoms with Crippen molar-refractivity contribution < 1.29 is 13.0 Å². The molecule has 0 saturated carbocycles. The lowest BCUT2D eigenvalue weighted by Gasteiger charge is -2.22. The number of benzene rings is 1. The first-order valence-electron chi connectivity index (χ1n) is 8.57. The number of rotatable bonds is 1. The highest BCUT2D eigenvalue weighted by atomic mass is 16.1. The van der Waals surface area contributed by atoms with E-state index in [1.165, 1.54) is 0 Å². The van der Waals surface area contributed by atoms with Crippen molar-refractivity contribution in [3.05, 3.63) is 40.4 Å². The molecule has 0 heterocycles. The molecule has 2 heteroatoms. The molecule has 0 bridgehead atoms.